The first-order valence-electron chi connectivity index (χ1n) is 10.2. The number of carbonyl (C=O) groups is 1. The van der Waals surface area contributed by atoms with Crippen molar-refractivity contribution in [3.05, 3.63) is 70.5 Å². The molecule has 31 heavy (non-hydrogen) atoms. The zero-order valence-electron chi connectivity index (χ0n) is 16.9. The topological polar surface area (TPSA) is 104 Å². The van der Waals surface area contributed by atoms with Crippen molar-refractivity contribution < 1.29 is 15.0 Å². The summed E-state index contributed by atoms with van der Waals surface area (Å²) in [5.41, 5.74) is 2.64. The fourth-order valence-electron chi connectivity index (χ4n) is 4.06. The lowest BCUT2D eigenvalue weighted by Crippen LogP contribution is -2.35. The van der Waals surface area contributed by atoms with E-state index in [2.05, 4.69) is 44.7 Å². The zero-order chi connectivity index (χ0) is 21.8. The molecule has 9 heteroatoms. The van der Waals surface area contributed by atoms with E-state index < -0.39 is 6.09 Å². The third kappa shape index (κ3) is 4.65. The maximum atomic E-state index is 11.0. The Hall–Kier alpha value is -3.10. The van der Waals surface area contributed by atoms with Crippen LogP contribution in [0.25, 0.3) is 5.69 Å². The number of carboxylic acid groups (broad SMARTS) is 1. The number of nitrogens with zero attached hydrogens (tertiary/aromatic N) is 4. The predicted molar refractivity (Wildman–Crippen MR) is 118 cm³/mol. The second-order valence-corrected chi connectivity index (χ2v) is 7.95. The lowest BCUT2D eigenvalue weighted by molar-refractivity contribution is 0.193. The minimum atomic E-state index is -1.14. The molecule has 0 aliphatic carbocycles. The highest BCUT2D eigenvalue weighted by Crippen LogP contribution is 2.32. The fourth-order valence-corrected chi connectivity index (χ4v) is 4.26. The number of nitrogens with one attached hydrogen (secondary N) is 1. The molecular weight excluding hydrogens is 418 g/mol. The number of aliphatic hydroxyl groups excluding tert-OH is 1. The van der Waals surface area contributed by atoms with Gasteiger partial charge in [0.2, 0.25) is 5.95 Å². The van der Waals surface area contributed by atoms with E-state index in [1.807, 2.05) is 6.07 Å². The number of hydrogen-bond acceptors (Lipinski definition) is 5. The van der Waals surface area contributed by atoms with Gasteiger partial charge in [0.05, 0.1) is 18.8 Å². The minimum Gasteiger partial charge on any atom is -0.465 e. The van der Waals surface area contributed by atoms with Crippen molar-refractivity contribution in [3.8, 4) is 5.69 Å². The van der Waals surface area contributed by atoms with Crippen LogP contribution in [-0.4, -0.2) is 44.2 Å². The number of aliphatic hydroxyl groups is 1. The number of anilines is 1. The van der Waals surface area contributed by atoms with E-state index in [9.17, 15) is 9.90 Å². The normalized spacial score (nSPS) is 14.6. The first-order chi connectivity index (χ1) is 15.1. The molecule has 4 rings (SSSR count). The van der Waals surface area contributed by atoms with Gasteiger partial charge in [-0.2, -0.15) is 0 Å². The highest BCUT2D eigenvalue weighted by atomic mass is 35.5. The van der Waals surface area contributed by atoms with Crippen molar-refractivity contribution in [1.82, 2.24) is 20.1 Å². The Morgan fingerprint density at radius 3 is 2.55 bits per heavy atom. The number of aromatic nitrogens is 3. The van der Waals surface area contributed by atoms with Crippen LogP contribution >= 0.6 is 11.6 Å². The van der Waals surface area contributed by atoms with Crippen LogP contribution in [0.2, 0.25) is 5.02 Å². The maximum Gasteiger partial charge on any atom is 0.405 e. The highest BCUT2D eigenvalue weighted by Gasteiger charge is 2.26. The molecule has 0 unspecified atom stereocenters. The van der Waals surface area contributed by atoms with Gasteiger partial charge in [0.1, 0.15) is 0 Å². The Kier molecular flexibility index (Phi) is 6.39. The Labute approximate surface area is 185 Å². The smallest absolute Gasteiger partial charge is 0.405 e. The van der Waals surface area contributed by atoms with Crippen LogP contribution < -0.4 is 10.2 Å². The largest absolute Gasteiger partial charge is 0.465 e. The summed E-state index contributed by atoms with van der Waals surface area (Å²) in [5.74, 6) is 1.57. The van der Waals surface area contributed by atoms with Gasteiger partial charge in [-0.1, -0.05) is 41.9 Å². The van der Waals surface area contributed by atoms with Gasteiger partial charge < -0.3 is 20.4 Å². The van der Waals surface area contributed by atoms with Crippen molar-refractivity contribution in [3.63, 3.8) is 0 Å². The molecule has 0 atom stereocenters. The monoisotopic (exact) mass is 441 g/mol. The summed E-state index contributed by atoms with van der Waals surface area (Å²) in [6, 6.07) is 15.7. The molecule has 1 saturated heterocycles. The van der Waals surface area contributed by atoms with Crippen molar-refractivity contribution in [2.45, 2.75) is 31.9 Å². The van der Waals surface area contributed by atoms with Crippen molar-refractivity contribution in [1.29, 1.82) is 0 Å². The molecule has 1 amide bonds. The molecule has 0 saturated carbocycles. The van der Waals surface area contributed by atoms with Gasteiger partial charge in [-0.15, -0.1) is 10.2 Å². The van der Waals surface area contributed by atoms with Gasteiger partial charge in [-0.3, -0.25) is 4.57 Å². The summed E-state index contributed by atoms with van der Waals surface area (Å²) in [7, 11) is 0. The zero-order valence-corrected chi connectivity index (χ0v) is 17.7. The first kappa shape index (κ1) is 21.1. The van der Waals surface area contributed by atoms with E-state index in [4.69, 9.17) is 16.7 Å². The molecule has 162 valence electrons. The molecule has 8 nitrogen and oxygen atoms in total. The van der Waals surface area contributed by atoms with E-state index in [0.29, 0.717) is 34.0 Å². The molecule has 2 aromatic carbocycles. The Morgan fingerprint density at radius 2 is 1.87 bits per heavy atom. The molecule has 1 fully saturated rings. The number of hydrogen-bond donors (Lipinski definition) is 3. The van der Waals surface area contributed by atoms with E-state index in [-0.39, 0.29) is 13.2 Å². The summed E-state index contributed by atoms with van der Waals surface area (Å²) in [6.07, 6.45) is 0.818. The molecule has 1 aliphatic heterocycles. The second-order valence-electron chi connectivity index (χ2n) is 7.51. The number of rotatable bonds is 6. The number of amides is 1. The SMILES string of the molecule is O=C(O)NCc1nnc(N2CCC(c3ccccc3)CC2)n1-c1ccc(Cl)cc1CO. The molecule has 1 aliphatic rings. The quantitative estimate of drug-likeness (QED) is 0.540. The molecule has 3 N–H and O–H groups in total. The van der Waals surface area contributed by atoms with Crippen LogP contribution in [-0.2, 0) is 13.2 Å². The highest BCUT2D eigenvalue weighted by molar-refractivity contribution is 6.30. The third-order valence-corrected chi connectivity index (χ3v) is 5.85. The second kappa shape index (κ2) is 9.36. The van der Waals surface area contributed by atoms with Crippen LogP contribution in [0.3, 0.4) is 0 Å². The number of halogens is 1. The molecule has 2 heterocycles. The van der Waals surface area contributed by atoms with Crippen LogP contribution in [0.5, 0.6) is 0 Å². The number of benzene rings is 2. The predicted octanol–water partition coefficient (Wildman–Crippen LogP) is 3.56. The standard InChI is InChI=1S/C22H24ClN5O3/c23-18-6-7-19(17(12-18)14-29)28-20(13-24-22(30)31)25-26-21(28)27-10-8-16(9-11-27)15-4-2-1-3-5-15/h1-7,12,16,24,29H,8-11,13-14H2,(H,30,31). The Morgan fingerprint density at radius 1 is 1.13 bits per heavy atom. The average Bonchev–Trinajstić information content (AvgIpc) is 3.22. The fraction of sp³-hybridized carbons (Fsp3) is 0.318. The summed E-state index contributed by atoms with van der Waals surface area (Å²) in [4.78, 5) is 13.2. The van der Waals surface area contributed by atoms with E-state index in [0.717, 1.165) is 25.9 Å². The number of piperidine rings is 1. The molecule has 1 aromatic heterocycles. The van der Waals surface area contributed by atoms with Gasteiger partial charge in [-0.25, -0.2) is 4.79 Å². The van der Waals surface area contributed by atoms with Crippen LogP contribution in [0.1, 0.15) is 35.7 Å². The molecule has 0 bridgehead atoms. The van der Waals surface area contributed by atoms with Crippen molar-refractivity contribution >= 4 is 23.6 Å². The summed E-state index contributed by atoms with van der Waals surface area (Å²) < 4.78 is 1.81. The summed E-state index contributed by atoms with van der Waals surface area (Å²) in [5, 5.41) is 30.4. The molecule has 0 radical (unpaired) electrons. The first-order valence-corrected chi connectivity index (χ1v) is 10.5. The average molecular weight is 442 g/mol. The Balaban J connectivity index is 1.65. The summed E-state index contributed by atoms with van der Waals surface area (Å²) in [6.45, 7) is 1.38. The van der Waals surface area contributed by atoms with Crippen molar-refractivity contribution in [2.24, 2.45) is 0 Å². The lowest BCUT2D eigenvalue weighted by atomic mass is 9.90. The molecule has 0 spiro atoms. The van der Waals surface area contributed by atoms with Gasteiger partial charge in [-0.05, 0) is 42.5 Å². The van der Waals surface area contributed by atoms with E-state index >= 15 is 0 Å². The summed E-state index contributed by atoms with van der Waals surface area (Å²) >= 11 is 6.11. The molecule has 3 aromatic rings. The molecular formula is C22H24ClN5O3. The van der Waals surface area contributed by atoms with Gasteiger partial charge >= 0.3 is 6.09 Å². The van der Waals surface area contributed by atoms with E-state index in [1.54, 1.807) is 22.8 Å². The van der Waals surface area contributed by atoms with Crippen LogP contribution in [0, 0.1) is 0 Å². The van der Waals surface area contributed by atoms with E-state index in [1.165, 1.54) is 5.56 Å². The van der Waals surface area contributed by atoms with Crippen LogP contribution in [0.4, 0.5) is 10.7 Å². The van der Waals surface area contributed by atoms with Gasteiger partial charge in [0, 0.05) is 23.7 Å². The van der Waals surface area contributed by atoms with Crippen molar-refractivity contribution in [2.75, 3.05) is 18.0 Å². The van der Waals surface area contributed by atoms with Gasteiger partial charge in [0.15, 0.2) is 5.82 Å². The lowest BCUT2D eigenvalue weighted by Gasteiger charge is -2.33. The van der Waals surface area contributed by atoms with Crippen LogP contribution in [0.15, 0.2) is 48.5 Å². The van der Waals surface area contributed by atoms with Gasteiger partial charge in [0.25, 0.3) is 0 Å². The minimum absolute atomic E-state index is 0.00366. The maximum absolute atomic E-state index is 11.0. The Bertz CT molecular complexity index is 1050. The third-order valence-electron chi connectivity index (χ3n) is 5.61.